The van der Waals surface area contributed by atoms with E-state index in [0.29, 0.717) is 29.8 Å². The number of phenols is 1. The second-order valence-corrected chi connectivity index (χ2v) is 8.30. The number of ether oxygens (including phenoxy) is 1. The Morgan fingerprint density at radius 3 is 2.92 bits per heavy atom. The number of nitrogens with zero attached hydrogens (tertiary/aromatic N) is 1. The lowest BCUT2D eigenvalue weighted by Crippen LogP contribution is -2.43. The molecule has 2 aliphatic heterocycles. The Kier molecular flexibility index (Phi) is 4.96. The normalized spacial score (nSPS) is 22.5. The van der Waals surface area contributed by atoms with Gasteiger partial charge in [0.25, 0.3) is 5.91 Å². The van der Waals surface area contributed by atoms with E-state index in [9.17, 15) is 9.90 Å². The summed E-state index contributed by atoms with van der Waals surface area (Å²) in [5, 5.41) is 13.5. The molecule has 25 heavy (non-hydrogen) atoms. The van der Waals surface area contributed by atoms with Crippen LogP contribution in [-0.4, -0.2) is 47.2 Å². The maximum absolute atomic E-state index is 12.5. The van der Waals surface area contributed by atoms with E-state index in [-0.39, 0.29) is 17.3 Å². The number of piperidine rings is 1. The fourth-order valence-electron chi connectivity index (χ4n) is 3.89. The topological polar surface area (TPSA) is 61.8 Å². The molecule has 1 fully saturated rings. The molecule has 5 heteroatoms. The van der Waals surface area contributed by atoms with Crippen LogP contribution in [0, 0.1) is 5.92 Å². The number of carbonyl (C=O) groups excluding carboxylic acids is 1. The van der Waals surface area contributed by atoms with E-state index in [2.05, 4.69) is 24.1 Å². The molecule has 1 aromatic carbocycles. The average molecular weight is 346 g/mol. The van der Waals surface area contributed by atoms with Crippen molar-refractivity contribution < 1.29 is 14.6 Å². The van der Waals surface area contributed by atoms with E-state index < -0.39 is 0 Å². The maximum Gasteiger partial charge on any atom is 0.255 e. The summed E-state index contributed by atoms with van der Waals surface area (Å²) < 4.78 is 5.81. The van der Waals surface area contributed by atoms with E-state index in [0.717, 1.165) is 31.5 Å². The van der Waals surface area contributed by atoms with Crippen LogP contribution in [0.2, 0.25) is 0 Å². The van der Waals surface area contributed by atoms with Crippen LogP contribution in [0.15, 0.2) is 12.1 Å². The Labute approximate surface area is 150 Å². The van der Waals surface area contributed by atoms with E-state index in [1.165, 1.54) is 6.42 Å². The highest BCUT2D eigenvalue weighted by Gasteiger charge is 2.34. The van der Waals surface area contributed by atoms with Gasteiger partial charge in [0.15, 0.2) is 11.5 Å². The SMILES string of the molecule is CC(C)N1CCCC(CNC(=O)c2ccc3c(c2O)OC(C)(C)C3)C1. The van der Waals surface area contributed by atoms with Crippen LogP contribution in [0.4, 0.5) is 0 Å². The van der Waals surface area contributed by atoms with Crippen LogP contribution in [0.25, 0.3) is 0 Å². The van der Waals surface area contributed by atoms with Gasteiger partial charge in [-0.3, -0.25) is 4.79 Å². The summed E-state index contributed by atoms with van der Waals surface area (Å²) in [7, 11) is 0. The minimum Gasteiger partial charge on any atom is -0.504 e. The molecule has 3 rings (SSSR count). The lowest BCUT2D eigenvalue weighted by molar-refractivity contribution is 0.0917. The first kappa shape index (κ1) is 18.1. The van der Waals surface area contributed by atoms with Gasteiger partial charge in [-0.1, -0.05) is 6.07 Å². The molecule has 1 amide bonds. The van der Waals surface area contributed by atoms with E-state index in [1.807, 2.05) is 19.9 Å². The Balaban J connectivity index is 1.63. The Morgan fingerprint density at radius 2 is 2.20 bits per heavy atom. The van der Waals surface area contributed by atoms with Crippen molar-refractivity contribution in [2.45, 2.75) is 58.6 Å². The third-order valence-electron chi connectivity index (χ3n) is 5.28. The second kappa shape index (κ2) is 6.87. The van der Waals surface area contributed by atoms with Crippen molar-refractivity contribution in [3.63, 3.8) is 0 Å². The zero-order valence-electron chi connectivity index (χ0n) is 15.8. The van der Waals surface area contributed by atoms with Gasteiger partial charge < -0.3 is 20.1 Å². The zero-order valence-corrected chi connectivity index (χ0v) is 15.8. The first-order chi connectivity index (χ1) is 11.8. The van der Waals surface area contributed by atoms with Crippen molar-refractivity contribution >= 4 is 5.91 Å². The second-order valence-electron chi connectivity index (χ2n) is 8.30. The van der Waals surface area contributed by atoms with Gasteiger partial charge in [0.1, 0.15) is 5.60 Å². The van der Waals surface area contributed by atoms with E-state index in [1.54, 1.807) is 6.07 Å². The molecule has 0 bridgehead atoms. The number of phenolic OH excluding ortho intramolecular Hbond substituents is 1. The Hall–Kier alpha value is -1.75. The van der Waals surface area contributed by atoms with Crippen molar-refractivity contribution in [3.05, 3.63) is 23.3 Å². The monoisotopic (exact) mass is 346 g/mol. The Bertz CT molecular complexity index is 655. The molecule has 0 radical (unpaired) electrons. The first-order valence-electron chi connectivity index (χ1n) is 9.33. The summed E-state index contributed by atoms with van der Waals surface area (Å²) in [4.78, 5) is 15.0. The molecule has 5 nitrogen and oxygen atoms in total. The van der Waals surface area contributed by atoms with Crippen LogP contribution in [0.1, 0.15) is 56.5 Å². The highest BCUT2D eigenvalue weighted by molar-refractivity contribution is 5.98. The summed E-state index contributed by atoms with van der Waals surface area (Å²) in [6, 6.07) is 4.13. The number of hydrogen-bond acceptors (Lipinski definition) is 4. The first-order valence-corrected chi connectivity index (χ1v) is 9.33. The minimum absolute atomic E-state index is 0.0342. The molecule has 138 valence electrons. The van der Waals surface area contributed by atoms with Gasteiger partial charge in [0.05, 0.1) is 5.56 Å². The van der Waals surface area contributed by atoms with Gasteiger partial charge in [0, 0.05) is 31.1 Å². The smallest absolute Gasteiger partial charge is 0.255 e. The molecule has 2 aliphatic rings. The summed E-state index contributed by atoms with van der Waals surface area (Å²) in [5.41, 5.74) is 0.920. The number of likely N-dealkylation sites (tertiary alicyclic amines) is 1. The quantitative estimate of drug-likeness (QED) is 0.880. The molecule has 0 aliphatic carbocycles. The largest absolute Gasteiger partial charge is 0.504 e. The highest BCUT2D eigenvalue weighted by atomic mass is 16.5. The molecular formula is C20H30N2O3. The van der Waals surface area contributed by atoms with Crippen molar-refractivity contribution in [3.8, 4) is 11.5 Å². The number of hydrogen-bond donors (Lipinski definition) is 2. The van der Waals surface area contributed by atoms with Crippen molar-refractivity contribution in [2.75, 3.05) is 19.6 Å². The van der Waals surface area contributed by atoms with Crippen LogP contribution in [0.5, 0.6) is 11.5 Å². The third-order valence-corrected chi connectivity index (χ3v) is 5.28. The number of carbonyl (C=O) groups is 1. The predicted molar refractivity (Wildman–Crippen MR) is 98.3 cm³/mol. The van der Waals surface area contributed by atoms with Gasteiger partial charge in [-0.25, -0.2) is 0 Å². The van der Waals surface area contributed by atoms with Crippen molar-refractivity contribution in [2.24, 2.45) is 5.92 Å². The Morgan fingerprint density at radius 1 is 1.44 bits per heavy atom. The van der Waals surface area contributed by atoms with Gasteiger partial charge >= 0.3 is 0 Å². The molecule has 2 N–H and O–H groups in total. The summed E-state index contributed by atoms with van der Waals surface area (Å²) in [6.07, 6.45) is 3.05. The molecule has 1 saturated heterocycles. The lowest BCUT2D eigenvalue weighted by Gasteiger charge is -2.35. The summed E-state index contributed by atoms with van der Waals surface area (Å²) in [6.45, 7) is 11.2. The maximum atomic E-state index is 12.5. The van der Waals surface area contributed by atoms with Gasteiger partial charge in [-0.05, 0) is 59.1 Å². The van der Waals surface area contributed by atoms with Crippen molar-refractivity contribution in [1.29, 1.82) is 0 Å². The number of fused-ring (bicyclic) bond motifs is 1. The molecule has 1 atom stereocenters. The number of rotatable bonds is 4. The molecular weight excluding hydrogens is 316 g/mol. The highest BCUT2D eigenvalue weighted by Crippen LogP contribution is 2.43. The molecule has 0 saturated carbocycles. The number of aromatic hydroxyl groups is 1. The fourth-order valence-corrected chi connectivity index (χ4v) is 3.89. The van der Waals surface area contributed by atoms with Crippen LogP contribution >= 0.6 is 0 Å². The van der Waals surface area contributed by atoms with Gasteiger partial charge in [-0.2, -0.15) is 0 Å². The number of nitrogens with one attached hydrogen (secondary N) is 1. The number of benzene rings is 1. The predicted octanol–water partition coefficient (Wildman–Crippen LogP) is 2.96. The lowest BCUT2D eigenvalue weighted by atomic mass is 9.96. The minimum atomic E-state index is -0.336. The van der Waals surface area contributed by atoms with Crippen molar-refractivity contribution in [1.82, 2.24) is 10.2 Å². The van der Waals surface area contributed by atoms with E-state index in [4.69, 9.17) is 4.74 Å². The fraction of sp³-hybridized carbons (Fsp3) is 0.650. The van der Waals surface area contributed by atoms with Crippen LogP contribution < -0.4 is 10.1 Å². The molecule has 0 spiro atoms. The summed E-state index contributed by atoms with van der Waals surface area (Å²) >= 11 is 0. The van der Waals surface area contributed by atoms with E-state index >= 15 is 0 Å². The van der Waals surface area contributed by atoms with Gasteiger partial charge in [0.2, 0.25) is 0 Å². The van der Waals surface area contributed by atoms with Crippen LogP contribution in [-0.2, 0) is 6.42 Å². The van der Waals surface area contributed by atoms with Crippen LogP contribution in [0.3, 0.4) is 0 Å². The third kappa shape index (κ3) is 3.92. The molecule has 0 aromatic heterocycles. The zero-order chi connectivity index (χ0) is 18.2. The summed E-state index contributed by atoms with van der Waals surface area (Å²) in [5.74, 6) is 0.663. The number of amides is 1. The molecule has 1 aromatic rings. The standard InChI is InChI=1S/C20H30N2O3/c1-13(2)22-9-5-6-14(12-22)11-21-19(24)16-8-7-15-10-20(3,4)25-18(15)17(16)23/h7-8,13-14,23H,5-6,9-12H2,1-4H3,(H,21,24). The average Bonchev–Trinajstić information content (AvgIpc) is 2.88. The van der Waals surface area contributed by atoms with Gasteiger partial charge in [-0.15, -0.1) is 0 Å². The molecule has 2 heterocycles. The molecule has 1 unspecified atom stereocenters.